The van der Waals surface area contributed by atoms with Crippen molar-refractivity contribution in [1.29, 1.82) is 0 Å². The Labute approximate surface area is 230 Å². The molecule has 3 aliphatic rings. The summed E-state index contributed by atoms with van der Waals surface area (Å²) in [5, 5.41) is 5.96. The highest BCUT2D eigenvalue weighted by Gasteiger charge is 2.51. The summed E-state index contributed by atoms with van der Waals surface area (Å²) in [6, 6.07) is -1.92. The molecule has 0 aromatic heterocycles. The molecule has 2 saturated heterocycles. The van der Waals surface area contributed by atoms with Gasteiger partial charge in [0.1, 0.15) is 12.1 Å². The van der Waals surface area contributed by atoms with Crippen LogP contribution in [0.1, 0.15) is 46.0 Å². The van der Waals surface area contributed by atoms with Gasteiger partial charge in [0.2, 0.25) is 11.8 Å². The zero-order valence-electron chi connectivity index (χ0n) is 20.7. The monoisotopic (exact) mass is 583 g/mol. The lowest BCUT2D eigenvalue weighted by Gasteiger charge is -2.34. The predicted molar refractivity (Wildman–Crippen MR) is 135 cm³/mol. The second-order valence-corrected chi connectivity index (χ2v) is 11.4. The highest BCUT2D eigenvalue weighted by atomic mass is 35.5. The van der Waals surface area contributed by atoms with Crippen LogP contribution < -0.4 is 16.1 Å². The number of carbonyl (C=O) groups excluding carboxylic acids is 5. The van der Waals surface area contributed by atoms with Crippen molar-refractivity contribution in [2.75, 3.05) is 19.6 Å². The maximum atomic E-state index is 13.8. The fourth-order valence-electron chi connectivity index (χ4n) is 5.49. The van der Waals surface area contributed by atoms with Crippen LogP contribution in [0.2, 0.25) is 0 Å². The van der Waals surface area contributed by atoms with E-state index >= 15 is 0 Å². The summed E-state index contributed by atoms with van der Waals surface area (Å²) < 4.78 is 13.8. The van der Waals surface area contributed by atoms with E-state index in [9.17, 15) is 28.4 Å². The van der Waals surface area contributed by atoms with Crippen molar-refractivity contribution < 1.29 is 28.4 Å². The molecule has 1 saturated carbocycles. The largest absolute Gasteiger partial charge is 0.356 e. The fourth-order valence-corrected chi connectivity index (χ4v) is 5.74. The van der Waals surface area contributed by atoms with Gasteiger partial charge >= 0.3 is 0 Å². The predicted octanol–water partition coefficient (Wildman–Crippen LogP) is 1.48. The van der Waals surface area contributed by atoms with E-state index in [1.807, 2.05) is 6.92 Å². The third-order valence-corrected chi connectivity index (χ3v) is 8.26. The van der Waals surface area contributed by atoms with Crippen LogP contribution in [0.15, 0.2) is 0 Å². The molecule has 0 unspecified atom stereocenters. The van der Waals surface area contributed by atoms with E-state index < -0.39 is 52.1 Å². The van der Waals surface area contributed by atoms with Gasteiger partial charge in [-0.05, 0) is 37.0 Å². The molecule has 3 rings (SSSR count). The maximum Gasteiger partial charge on any atom is 0.291 e. The number of amides is 5. The Hall–Kier alpha value is -1.85. The van der Waals surface area contributed by atoms with Gasteiger partial charge in [0.15, 0.2) is 4.84 Å². The molecule has 3 N–H and O–H groups in total. The van der Waals surface area contributed by atoms with Crippen LogP contribution in [-0.4, -0.2) is 81.6 Å². The molecule has 2 heterocycles. The molecule has 1 aliphatic carbocycles. The number of nitrogens with zero attached hydrogens (tertiary/aromatic N) is 2. The molecule has 2 aliphatic heterocycles. The average molecular weight is 585 g/mol. The van der Waals surface area contributed by atoms with E-state index in [0.717, 1.165) is 17.9 Å². The Morgan fingerprint density at radius 2 is 1.89 bits per heavy atom. The van der Waals surface area contributed by atoms with Gasteiger partial charge in [0, 0.05) is 13.1 Å². The van der Waals surface area contributed by atoms with E-state index in [0.29, 0.717) is 32.4 Å². The lowest BCUT2D eigenvalue weighted by atomic mass is 9.93. The summed E-state index contributed by atoms with van der Waals surface area (Å²) in [5.74, 6) is -4.38. The average Bonchev–Trinajstić information content (AvgIpc) is 3.56. The van der Waals surface area contributed by atoms with Crippen LogP contribution in [-0.2, 0) is 24.0 Å². The zero-order chi connectivity index (χ0) is 27.4. The molecule has 0 radical (unpaired) electrons. The van der Waals surface area contributed by atoms with E-state index in [1.165, 1.54) is 4.90 Å². The first-order chi connectivity index (χ1) is 17.5. The molecular weight excluding hydrogens is 552 g/mol. The third-order valence-electron chi connectivity index (χ3n) is 7.68. The van der Waals surface area contributed by atoms with E-state index in [2.05, 4.69) is 16.1 Å². The van der Waals surface area contributed by atoms with Crippen LogP contribution >= 0.6 is 34.8 Å². The lowest BCUT2D eigenvalue weighted by molar-refractivity contribution is -0.150. The minimum Gasteiger partial charge on any atom is -0.356 e. The topological polar surface area (TPSA) is 128 Å². The van der Waals surface area contributed by atoms with E-state index in [1.54, 1.807) is 6.92 Å². The Balaban J connectivity index is 1.84. The Bertz CT molecular complexity index is 910. The maximum absolute atomic E-state index is 13.8. The van der Waals surface area contributed by atoms with Crippen molar-refractivity contribution in [3.8, 4) is 0 Å². The number of rotatable bonds is 9. The highest BCUT2D eigenvalue weighted by Crippen LogP contribution is 2.42. The Kier molecular flexibility index (Phi) is 10.3. The molecule has 0 aromatic carbocycles. The van der Waals surface area contributed by atoms with Crippen LogP contribution in [0.4, 0.5) is 4.39 Å². The quantitative estimate of drug-likeness (QED) is 0.279. The Morgan fingerprint density at radius 3 is 2.46 bits per heavy atom. The SMILES string of the molecule is CC[C@H](C)[C@H](NC(=O)C(Cl)Cl)C(=O)N1C[C@@H]2CCC[C@@H]2[C@H]1C(=O)NN(C[C@@H]1CCNC1=O)C(=O)[C@H](F)Cl. The highest BCUT2D eigenvalue weighted by molar-refractivity contribution is 6.53. The molecule has 3 fully saturated rings. The van der Waals surface area contributed by atoms with Crippen molar-refractivity contribution in [2.24, 2.45) is 23.7 Å². The Morgan fingerprint density at radius 1 is 1.19 bits per heavy atom. The summed E-state index contributed by atoms with van der Waals surface area (Å²) in [6.45, 7) is 4.11. The molecule has 0 bridgehead atoms. The van der Waals surface area contributed by atoms with Gasteiger partial charge in [-0.3, -0.25) is 29.4 Å². The number of hydrazine groups is 1. The van der Waals surface area contributed by atoms with Crippen LogP contribution in [0.5, 0.6) is 0 Å². The van der Waals surface area contributed by atoms with Gasteiger partial charge in [-0.25, -0.2) is 9.40 Å². The van der Waals surface area contributed by atoms with Crippen molar-refractivity contribution in [3.63, 3.8) is 0 Å². The molecule has 208 valence electrons. The molecule has 7 atom stereocenters. The summed E-state index contributed by atoms with van der Waals surface area (Å²) in [5.41, 5.74) is 0.0212. The molecule has 37 heavy (non-hydrogen) atoms. The number of hydrogen-bond donors (Lipinski definition) is 3. The van der Waals surface area contributed by atoms with Gasteiger partial charge in [-0.15, -0.1) is 0 Å². The first-order valence-electron chi connectivity index (χ1n) is 12.5. The minimum absolute atomic E-state index is 0.0634. The number of halogens is 4. The van der Waals surface area contributed by atoms with Crippen molar-refractivity contribution in [2.45, 2.75) is 68.5 Å². The molecule has 14 heteroatoms. The second kappa shape index (κ2) is 12.8. The summed E-state index contributed by atoms with van der Waals surface area (Å²) >= 11 is 16.8. The van der Waals surface area contributed by atoms with Gasteiger partial charge in [0.05, 0.1) is 12.5 Å². The normalized spacial score (nSPS) is 27.3. The molecular formula is C23H33Cl3FN5O5. The summed E-state index contributed by atoms with van der Waals surface area (Å²) in [7, 11) is 0. The number of likely N-dealkylation sites (tertiary alicyclic amines) is 1. The van der Waals surface area contributed by atoms with E-state index in [4.69, 9.17) is 34.8 Å². The van der Waals surface area contributed by atoms with Crippen LogP contribution in [0.3, 0.4) is 0 Å². The molecule has 10 nitrogen and oxygen atoms in total. The van der Waals surface area contributed by atoms with Crippen molar-refractivity contribution in [3.05, 3.63) is 0 Å². The first kappa shape index (κ1) is 29.7. The van der Waals surface area contributed by atoms with Gasteiger partial charge in [-0.2, -0.15) is 0 Å². The van der Waals surface area contributed by atoms with Crippen molar-refractivity contribution in [1.82, 2.24) is 26.0 Å². The number of fused-ring (bicyclic) bond motifs is 1. The number of carbonyl (C=O) groups is 5. The molecule has 5 amide bonds. The summed E-state index contributed by atoms with van der Waals surface area (Å²) in [4.78, 5) is 64.1. The van der Waals surface area contributed by atoms with Crippen LogP contribution in [0.25, 0.3) is 0 Å². The van der Waals surface area contributed by atoms with Gasteiger partial charge in [0.25, 0.3) is 23.4 Å². The number of nitrogens with one attached hydrogen (secondary N) is 3. The first-order valence-corrected chi connectivity index (χ1v) is 13.8. The molecule has 0 spiro atoms. The zero-order valence-corrected chi connectivity index (χ0v) is 23.0. The summed E-state index contributed by atoms with van der Waals surface area (Å²) in [6.07, 6.45) is 3.37. The smallest absolute Gasteiger partial charge is 0.291 e. The van der Waals surface area contributed by atoms with Crippen LogP contribution in [0, 0.1) is 23.7 Å². The lowest BCUT2D eigenvalue weighted by Crippen LogP contribution is -2.60. The van der Waals surface area contributed by atoms with Gasteiger partial charge < -0.3 is 15.5 Å². The fraction of sp³-hybridized carbons (Fsp3) is 0.783. The van der Waals surface area contributed by atoms with Crippen molar-refractivity contribution >= 4 is 64.3 Å². The second-order valence-electron chi connectivity index (χ2n) is 9.96. The molecule has 0 aromatic rings. The van der Waals surface area contributed by atoms with E-state index in [-0.39, 0.29) is 30.2 Å². The standard InChI is InChI=1S/C23H33Cl3FN5O5/c1-3-11(2)15(29-21(35)17(24)25)22(36)31-9-12-5-4-6-14(12)16(31)20(34)30-32(23(37)18(26)27)10-13-7-8-28-19(13)33/h11-18H,3-10H2,1-2H3,(H,28,33)(H,29,35)(H,30,34)/t11-,12-,13-,14-,15-,16-,18-/m0/s1. The third kappa shape index (κ3) is 6.78. The van der Waals surface area contributed by atoms with Gasteiger partial charge in [-0.1, -0.05) is 61.5 Å². The minimum atomic E-state index is -2.42. The number of hydrogen-bond acceptors (Lipinski definition) is 5. The number of alkyl halides is 4.